The molecule has 0 fully saturated rings. The lowest BCUT2D eigenvalue weighted by molar-refractivity contribution is 0.277. The van der Waals surface area contributed by atoms with E-state index >= 15 is 0 Å². The maximum absolute atomic E-state index is 4.48. The molecule has 0 spiro atoms. The highest BCUT2D eigenvalue weighted by Gasteiger charge is 2.26. The van der Waals surface area contributed by atoms with Crippen LogP contribution in [0.1, 0.15) is 39.3 Å². The molecule has 2 rings (SSSR count). The van der Waals surface area contributed by atoms with Crippen LogP contribution in [0.3, 0.4) is 0 Å². The van der Waals surface area contributed by atoms with E-state index in [1.54, 1.807) is 0 Å². The summed E-state index contributed by atoms with van der Waals surface area (Å²) in [6.07, 6.45) is 4.08. The molecule has 1 heterocycles. The predicted molar refractivity (Wildman–Crippen MR) is 79.4 cm³/mol. The minimum atomic E-state index is 0.167. The Labute approximate surface area is 115 Å². The molecule has 0 bridgehead atoms. The number of aromatic nitrogens is 2. The summed E-state index contributed by atoms with van der Waals surface area (Å²) >= 11 is 0. The van der Waals surface area contributed by atoms with Gasteiger partial charge in [0.1, 0.15) is 0 Å². The van der Waals surface area contributed by atoms with Crippen molar-refractivity contribution in [3.8, 4) is 5.69 Å². The van der Waals surface area contributed by atoms with Gasteiger partial charge in [-0.05, 0) is 24.1 Å². The largest absolute Gasteiger partial charge is 0.310 e. The van der Waals surface area contributed by atoms with Gasteiger partial charge >= 0.3 is 0 Å². The summed E-state index contributed by atoms with van der Waals surface area (Å²) in [5.41, 5.74) is 2.50. The highest BCUT2D eigenvalue weighted by molar-refractivity contribution is 5.31. The summed E-state index contributed by atoms with van der Waals surface area (Å²) in [6, 6.07) is 10.5. The molecule has 0 saturated heterocycles. The number of hydrogen-bond donors (Lipinski definition) is 1. The average molecular weight is 257 g/mol. The molecule has 19 heavy (non-hydrogen) atoms. The molecule has 1 aromatic carbocycles. The number of hydrogen-bond acceptors (Lipinski definition) is 2. The first-order valence-corrected chi connectivity index (χ1v) is 6.85. The van der Waals surface area contributed by atoms with Gasteiger partial charge in [0, 0.05) is 17.8 Å². The first kappa shape index (κ1) is 13.8. The van der Waals surface area contributed by atoms with Gasteiger partial charge < -0.3 is 5.32 Å². The zero-order valence-electron chi connectivity index (χ0n) is 12.2. The highest BCUT2D eigenvalue weighted by Crippen LogP contribution is 2.32. The molecule has 0 aliphatic rings. The van der Waals surface area contributed by atoms with Crippen LogP contribution in [0.4, 0.5) is 0 Å². The van der Waals surface area contributed by atoms with Gasteiger partial charge in [-0.3, -0.25) is 0 Å². The highest BCUT2D eigenvalue weighted by atomic mass is 15.3. The lowest BCUT2D eigenvalue weighted by atomic mass is 9.83. The predicted octanol–water partition coefficient (Wildman–Crippen LogP) is 3.57. The van der Waals surface area contributed by atoms with Crippen LogP contribution in [-0.4, -0.2) is 16.3 Å². The number of rotatable bonds is 4. The van der Waals surface area contributed by atoms with Gasteiger partial charge in [-0.1, -0.05) is 45.9 Å². The Morgan fingerprint density at radius 2 is 1.89 bits per heavy atom. The molecule has 1 N–H and O–H groups in total. The van der Waals surface area contributed by atoms with Gasteiger partial charge in [-0.15, -0.1) is 0 Å². The van der Waals surface area contributed by atoms with Crippen LogP contribution in [-0.2, 0) is 0 Å². The van der Waals surface area contributed by atoms with Crippen molar-refractivity contribution < 1.29 is 0 Å². The second-order valence-electron chi connectivity index (χ2n) is 5.91. The van der Waals surface area contributed by atoms with E-state index in [1.807, 2.05) is 29.1 Å². The molecule has 1 atom stereocenters. The van der Waals surface area contributed by atoms with E-state index in [1.165, 1.54) is 5.56 Å². The van der Waals surface area contributed by atoms with Crippen LogP contribution in [0.2, 0.25) is 0 Å². The van der Waals surface area contributed by atoms with Crippen LogP contribution in [0.25, 0.3) is 5.69 Å². The molecule has 3 heteroatoms. The van der Waals surface area contributed by atoms with Crippen molar-refractivity contribution in [1.82, 2.24) is 15.1 Å². The van der Waals surface area contributed by atoms with Crippen molar-refractivity contribution in [3.63, 3.8) is 0 Å². The first-order valence-electron chi connectivity index (χ1n) is 6.85. The molecule has 0 aliphatic carbocycles. The zero-order chi connectivity index (χ0) is 13.9. The van der Waals surface area contributed by atoms with Crippen molar-refractivity contribution in [3.05, 3.63) is 48.3 Å². The van der Waals surface area contributed by atoms with Crippen LogP contribution in [0, 0.1) is 5.41 Å². The third-order valence-corrected chi connectivity index (χ3v) is 3.23. The zero-order valence-corrected chi connectivity index (χ0v) is 12.2. The maximum Gasteiger partial charge on any atom is 0.0645 e. The normalized spacial score (nSPS) is 13.5. The van der Waals surface area contributed by atoms with E-state index in [0.717, 1.165) is 12.2 Å². The fourth-order valence-electron chi connectivity index (χ4n) is 2.34. The molecule has 0 radical (unpaired) electrons. The number of nitrogens with one attached hydrogen (secondary N) is 1. The van der Waals surface area contributed by atoms with Gasteiger partial charge in [-0.2, -0.15) is 5.10 Å². The molecule has 0 amide bonds. The van der Waals surface area contributed by atoms with Crippen LogP contribution >= 0.6 is 0 Å². The Morgan fingerprint density at radius 1 is 1.21 bits per heavy atom. The van der Waals surface area contributed by atoms with E-state index in [9.17, 15) is 0 Å². The number of para-hydroxylation sites is 1. The summed E-state index contributed by atoms with van der Waals surface area (Å²) in [6.45, 7) is 9.85. The molecule has 1 unspecified atom stereocenters. The van der Waals surface area contributed by atoms with Gasteiger partial charge in [0.25, 0.3) is 0 Å². The molecule has 2 aromatic rings. The summed E-state index contributed by atoms with van der Waals surface area (Å²) in [5, 5.41) is 8.03. The molecular weight excluding hydrogens is 234 g/mol. The quantitative estimate of drug-likeness (QED) is 0.907. The van der Waals surface area contributed by atoms with E-state index in [4.69, 9.17) is 0 Å². The maximum atomic E-state index is 4.48. The Morgan fingerprint density at radius 3 is 2.47 bits per heavy atom. The smallest absolute Gasteiger partial charge is 0.0645 e. The third kappa shape index (κ3) is 3.24. The summed E-state index contributed by atoms with van der Waals surface area (Å²) in [5.74, 6) is 0. The minimum absolute atomic E-state index is 0.167. The molecule has 3 nitrogen and oxygen atoms in total. The van der Waals surface area contributed by atoms with E-state index in [2.05, 4.69) is 56.4 Å². The second kappa shape index (κ2) is 5.57. The van der Waals surface area contributed by atoms with Crippen molar-refractivity contribution in [2.45, 2.75) is 33.7 Å². The van der Waals surface area contributed by atoms with Crippen LogP contribution in [0.5, 0.6) is 0 Å². The van der Waals surface area contributed by atoms with E-state index < -0.39 is 0 Å². The van der Waals surface area contributed by atoms with E-state index in [0.29, 0.717) is 6.04 Å². The summed E-state index contributed by atoms with van der Waals surface area (Å²) < 4.78 is 1.94. The van der Waals surface area contributed by atoms with Gasteiger partial charge in [0.15, 0.2) is 0 Å². The Bertz CT molecular complexity index is 508. The fraction of sp³-hybridized carbons (Fsp3) is 0.438. The van der Waals surface area contributed by atoms with Crippen molar-refractivity contribution in [2.24, 2.45) is 5.41 Å². The summed E-state index contributed by atoms with van der Waals surface area (Å²) in [4.78, 5) is 0. The number of benzene rings is 1. The molecular formula is C16H23N3. The van der Waals surface area contributed by atoms with Gasteiger partial charge in [-0.25, -0.2) is 4.68 Å². The fourth-order valence-corrected chi connectivity index (χ4v) is 2.34. The Balaban J connectivity index is 2.29. The number of nitrogens with zero attached hydrogens (tertiary/aromatic N) is 2. The lowest BCUT2D eigenvalue weighted by Gasteiger charge is -2.30. The first-order chi connectivity index (χ1) is 9.02. The standard InChI is InChI=1S/C16H23N3/c1-5-17-15(16(2,3)4)13-11-18-19(12-13)14-9-7-6-8-10-14/h6-12,15,17H,5H2,1-4H3. The van der Waals surface area contributed by atoms with Crippen molar-refractivity contribution in [2.75, 3.05) is 6.54 Å². The molecule has 0 aliphatic heterocycles. The molecule has 0 saturated carbocycles. The third-order valence-electron chi connectivity index (χ3n) is 3.23. The second-order valence-corrected chi connectivity index (χ2v) is 5.91. The van der Waals surface area contributed by atoms with Crippen molar-refractivity contribution in [1.29, 1.82) is 0 Å². The van der Waals surface area contributed by atoms with Gasteiger partial charge in [0.2, 0.25) is 0 Å². The minimum Gasteiger partial charge on any atom is -0.310 e. The molecule has 1 aromatic heterocycles. The Kier molecular flexibility index (Phi) is 4.05. The van der Waals surface area contributed by atoms with E-state index in [-0.39, 0.29) is 5.41 Å². The topological polar surface area (TPSA) is 29.9 Å². The Hall–Kier alpha value is -1.61. The van der Waals surface area contributed by atoms with Crippen molar-refractivity contribution >= 4 is 0 Å². The van der Waals surface area contributed by atoms with Crippen LogP contribution in [0.15, 0.2) is 42.7 Å². The molecule has 102 valence electrons. The van der Waals surface area contributed by atoms with Crippen LogP contribution < -0.4 is 5.32 Å². The SMILES string of the molecule is CCNC(c1cnn(-c2ccccc2)c1)C(C)(C)C. The van der Waals surface area contributed by atoms with Gasteiger partial charge in [0.05, 0.1) is 11.9 Å². The average Bonchev–Trinajstić information content (AvgIpc) is 2.84. The monoisotopic (exact) mass is 257 g/mol. The lowest BCUT2D eigenvalue weighted by Crippen LogP contribution is -2.31. The summed E-state index contributed by atoms with van der Waals surface area (Å²) in [7, 11) is 0.